The number of nitro groups is 1. The molecule has 0 saturated heterocycles. The van der Waals surface area contributed by atoms with Crippen molar-refractivity contribution in [1.29, 1.82) is 0 Å². The van der Waals surface area contributed by atoms with Crippen LogP contribution in [0, 0.1) is 10.1 Å². The van der Waals surface area contributed by atoms with Crippen molar-refractivity contribution in [3.05, 3.63) is 69.8 Å². The van der Waals surface area contributed by atoms with E-state index in [4.69, 9.17) is 4.74 Å². The summed E-state index contributed by atoms with van der Waals surface area (Å²) in [7, 11) is 0. The van der Waals surface area contributed by atoms with E-state index in [0.717, 1.165) is 5.56 Å². The van der Waals surface area contributed by atoms with E-state index in [-0.39, 0.29) is 18.8 Å². The minimum atomic E-state index is -0.691. The molecule has 134 valence electrons. The first-order chi connectivity index (χ1) is 12.5. The number of amides is 2. The van der Waals surface area contributed by atoms with Crippen molar-refractivity contribution in [3.8, 4) is 0 Å². The van der Waals surface area contributed by atoms with Gasteiger partial charge in [0.1, 0.15) is 6.54 Å². The van der Waals surface area contributed by atoms with Gasteiger partial charge in [0.05, 0.1) is 17.6 Å². The predicted molar refractivity (Wildman–Crippen MR) is 93.7 cm³/mol. The van der Waals surface area contributed by atoms with Gasteiger partial charge >= 0.3 is 6.09 Å². The van der Waals surface area contributed by atoms with Crippen LogP contribution < -0.4 is 5.32 Å². The van der Waals surface area contributed by atoms with Crippen LogP contribution in [0.5, 0.6) is 0 Å². The lowest BCUT2D eigenvalue weighted by molar-refractivity contribution is -0.384. The molecule has 2 aromatic rings. The maximum Gasteiger partial charge on any atom is 0.411 e. The van der Waals surface area contributed by atoms with Crippen LogP contribution in [0.3, 0.4) is 0 Å². The number of hydrogen-bond donors (Lipinski definition) is 1. The second-order valence-corrected chi connectivity index (χ2v) is 5.72. The summed E-state index contributed by atoms with van der Waals surface area (Å²) in [5, 5.41) is 13.9. The number of fused-ring (bicyclic) bond motifs is 1. The van der Waals surface area contributed by atoms with Gasteiger partial charge in [0.2, 0.25) is 5.91 Å². The molecule has 0 fully saturated rings. The Balaban J connectivity index is 2.20. The van der Waals surface area contributed by atoms with Crippen molar-refractivity contribution in [2.24, 2.45) is 0 Å². The van der Waals surface area contributed by atoms with Crippen molar-refractivity contribution in [2.45, 2.75) is 13.0 Å². The third kappa shape index (κ3) is 3.34. The Bertz CT molecular complexity index is 853. The summed E-state index contributed by atoms with van der Waals surface area (Å²) in [6.45, 7) is 1.60. The average Bonchev–Trinajstić information content (AvgIpc) is 2.77. The van der Waals surface area contributed by atoms with Crippen molar-refractivity contribution >= 4 is 23.4 Å². The van der Waals surface area contributed by atoms with E-state index in [2.05, 4.69) is 5.32 Å². The molecule has 0 spiro atoms. The molecule has 1 N–H and O–H groups in total. The summed E-state index contributed by atoms with van der Waals surface area (Å²) < 4.78 is 5.10. The summed E-state index contributed by atoms with van der Waals surface area (Å²) >= 11 is 0. The van der Waals surface area contributed by atoms with Crippen molar-refractivity contribution in [3.63, 3.8) is 0 Å². The van der Waals surface area contributed by atoms with Gasteiger partial charge in [-0.1, -0.05) is 30.3 Å². The number of nitro benzene ring substituents is 1. The van der Waals surface area contributed by atoms with E-state index in [1.54, 1.807) is 31.2 Å². The zero-order chi connectivity index (χ0) is 18.7. The summed E-state index contributed by atoms with van der Waals surface area (Å²) in [6, 6.07) is 12.5. The van der Waals surface area contributed by atoms with Crippen LogP contribution in [0.4, 0.5) is 16.2 Å². The minimum Gasteiger partial charge on any atom is -0.450 e. The molecule has 26 heavy (non-hydrogen) atoms. The minimum absolute atomic E-state index is 0.121. The highest BCUT2D eigenvalue weighted by atomic mass is 16.6. The standard InChI is InChI=1S/C18H17N3O5/c1-2-26-18(23)20-11-16(22)19-15-9-8-13(21(24)25)10-14(15)17(20)12-6-4-3-5-7-12/h3-10,17H,2,11H2,1H3,(H,19,22). The molecular weight excluding hydrogens is 338 g/mol. The molecule has 2 amide bonds. The first-order valence-electron chi connectivity index (χ1n) is 8.07. The number of non-ortho nitro benzene ring substituents is 1. The van der Waals surface area contributed by atoms with Crippen LogP contribution in [-0.4, -0.2) is 35.0 Å². The van der Waals surface area contributed by atoms with Gasteiger partial charge in [-0.05, 0) is 18.6 Å². The van der Waals surface area contributed by atoms with E-state index in [9.17, 15) is 19.7 Å². The molecule has 1 atom stereocenters. The van der Waals surface area contributed by atoms with E-state index in [0.29, 0.717) is 11.3 Å². The van der Waals surface area contributed by atoms with E-state index >= 15 is 0 Å². The van der Waals surface area contributed by atoms with Gasteiger partial charge in [-0.25, -0.2) is 4.79 Å². The fourth-order valence-corrected chi connectivity index (χ4v) is 2.98. The number of hydrogen-bond acceptors (Lipinski definition) is 5. The summed E-state index contributed by atoms with van der Waals surface area (Å²) in [5.41, 5.74) is 1.49. The average molecular weight is 355 g/mol. The Morgan fingerprint density at radius 2 is 2.04 bits per heavy atom. The summed E-state index contributed by atoms with van der Waals surface area (Å²) in [4.78, 5) is 36.7. The lowest BCUT2D eigenvalue weighted by atomic mass is 9.95. The molecule has 1 aliphatic rings. The van der Waals surface area contributed by atoms with E-state index < -0.39 is 23.0 Å². The number of benzene rings is 2. The maximum atomic E-state index is 12.5. The molecule has 0 aliphatic carbocycles. The maximum absolute atomic E-state index is 12.5. The van der Waals surface area contributed by atoms with Crippen molar-refractivity contribution in [2.75, 3.05) is 18.5 Å². The number of nitrogens with one attached hydrogen (secondary N) is 1. The Kier molecular flexibility index (Phi) is 4.83. The Morgan fingerprint density at radius 1 is 1.31 bits per heavy atom. The number of carbonyl (C=O) groups is 2. The molecule has 0 aromatic heterocycles. The number of nitrogens with zero attached hydrogens (tertiary/aromatic N) is 2. The lowest BCUT2D eigenvalue weighted by Gasteiger charge is -2.29. The van der Waals surface area contributed by atoms with Gasteiger partial charge < -0.3 is 10.1 Å². The third-order valence-electron chi connectivity index (χ3n) is 4.06. The number of ether oxygens (including phenoxy) is 1. The lowest BCUT2D eigenvalue weighted by Crippen LogP contribution is -2.39. The zero-order valence-corrected chi connectivity index (χ0v) is 14.0. The van der Waals surface area contributed by atoms with Crippen LogP contribution in [-0.2, 0) is 9.53 Å². The summed E-state index contributed by atoms with van der Waals surface area (Å²) in [5.74, 6) is -0.397. The fraction of sp³-hybridized carbons (Fsp3) is 0.222. The normalized spacial score (nSPS) is 16.3. The largest absolute Gasteiger partial charge is 0.450 e. The van der Waals surface area contributed by atoms with Gasteiger partial charge in [-0.15, -0.1) is 0 Å². The molecule has 8 heteroatoms. The van der Waals surface area contributed by atoms with Crippen molar-refractivity contribution in [1.82, 2.24) is 4.90 Å². The Morgan fingerprint density at radius 3 is 2.69 bits per heavy atom. The SMILES string of the molecule is CCOC(=O)N1CC(=O)Nc2ccc([N+](=O)[O-])cc2C1c1ccccc1. The van der Waals surface area contributed by atoms with Gasteiger partial charge in [0.15, 0.2) is 0 Å². The molecule has 1 aliphatic heterocycles. The zero-order valence-electron chi connectivity index (χ0n) is 14.0. The van der Waals surface area contributed by atoms with Crippen LogP contribution in [0.25, 0.3) is 0 Å². The van der Waals surface area contributed by atoms with Crippen LogP contribution in [0.1, 0.15) is 24.1 Å². The highest BCUT2D eigenvalue weighted by Gasteiger charge is 2.35. The number of rotatable bonds is 3. The molecule has 0 radical (unpaired) electrons. The van der Waals surface area contributed by atoms with Crippen LogP contribution >= 0.6 is 0 Å². The van der Waals surface area contributed by atoms with E-state index in [1.807, 2.05) is 6.07 Å². The number of carbonyl (C=O) groups excluding carboxylic acids is 2. The molecule has 3 rings (SSSR count). The highest BCUT2D eigenvalue weighted by molar-refractivity contribution is 5.96. The molecular formula is C18H17N3O5. The topological polar surface area (TPSA) is 102 Å². The first-order valence-corrected chi connectivity index (χ1v) is 8.07. The number of anilines is 1. The predicted octanol–water partition coefficient (Wildman–Crippen LogP) is 3.09. The highest BCUT2D eigenvalue weighted by Crippen LogP contribution is 2.37. The van der Waals surface area contributed by atoms with Crippen LogP contribution in [0.2, 0.25) is 0 Å². The summed E-state index contributed by atoms with van der Waals surface area (Å²) in [6.07, 6.45) is -0.657. The Hall–Kier alpha value is -3.42. The van der Waals surface area contributed by atoms with Crippen LogP contribution in [0.15, 0.2) is 48.5 Å². The van der Waals surface area contributed by atoms with Gasteiger partial charge in [-0.3, -0.25) is 19.8 Å². The molecule has 1 heterocycles. The first kappa shape index (κ1) is 17.4. The Labute approximate surface area is 149 Å². The van der Waals surface area contributed by atoms with Gasteiger partial charge in [-0.2, -0.15) is 0 Å². The molecule has 8 nitrogen and oxygen atoms in total. The molecule has 1 unspecified atom stereocenters. The van der Waals surface area contributed by atoms with E-state index in [1.165, 1.54) is 23.1 Å². The molecule has 0 saturated carbocycles. The third-order valence-corrected chi connectivity index (χ3v) is 4.06. The second-order valence-electron chi connectivity index (χ2n) is 5.72. The van der Waals surface area contributed by atoms with Gasteiger partial charge in [0, 0.05) is 23.4 Å². The fourth-order valence-electron chi connectivity index (χ4n) is 2.98. The van der Waals surface area contributed by atoms with Crippen molar-refractivity contribution < 1.29 is 19.2 Å². The quantitative estimate of drug-likeness (QED) is 0.673. The van der Waals surface area contributed by atoms with Gasteiger partial charge in [0.25, 0.3) is 5.69 Å². The monoisotopic (exact) mass is 355 g/mol. The second kappa shape index (κ2) is 7.22. The molecule has 2 aromatic carbocycles. The molecule has 0 bridgehead atoms. The smallest absolute Gasteiger partial charge is 0.411 e.